The van der Waals surface area contributed by atoms with Crippen LogP contribution in [0.4, 0.5) is 0 Å². The zero-order valence-electron chi connectivity index (χ0n) is 12.3. The van der Waals surface area contributed by atoms with E-state index >= 15 is 0 Å². The Balaban J connectivity index is 2.22. The quantitative estimate of drug-likeness (QED) is 0.733. The molecule has 1 heterocycles. The molecule has 1 aromatic carbocycles. The maximum atomic E-state index is 6.41. The molecule has 0 bridgehead atoms. The summed E-state index contributed by atoms with van der Waals surface area (Å²) in [6.07, 6.45) is 2.16. The van der Waals surface area contributed by atoms with Gasteiger partial charge in [-0.3, -0.25) is 0 Å². The lowest BCUT2D eigenvalue weighted by Crippen LogP contribution is -2.30. The van der Waals surface area contributed by atoms with Crippen molar-refractivity contribution >= 4 is 22.6 Å². The van der Waals surface area contributed by atoms with Crippen LogP contribution < -0.4 is 5.73 Å². The third kappa shape index (κ3) is 2.31. The molecule has 2 aromatic rings. The van der Waals surface area contributed by atoms with Crippen molar-refractivity contribution in [3.8, 4) is 5.69 Å². The predicted octanol–water partition coefficient (Wildman–Crippen LogP) is 4.36. The molecule has 1 unspecified atom stereocenters. The Morgan fingerprint density at radius 3 is 2.70 bits per heavy atom. The normalized spacial score (nSPS) is 20.8. The predicted molar refractivity (Wildman–Crippen MR) is 92.3 cm³/mol. The van der Waals surface area contributed by atoms with E-state index in [9.17, 15) is 0 Å². The Kier molecular flexibility index (Phi) is 3.45. The zero-order valence-corrected chi connectivity index (χ0v) is 14.4. The lowest BCUT2D eigenvalue weighted by molar-refractivity contribution is 0.278. The average Bonchev–Trinajstić information content (AvgIpc) is 2.66. The van der Waals surface area contributed by atoms with Gasteiger partial charge in [0.15, 0.2) is 0 Å². The van der Waals surface area contributed by atoms with Crippen LogP contribution in [-0.4, -0.2) is 4.57 Å². The molecule has 0 saturated carbocycles. The standard InChI is InChI=1S/C17H21IN2/c1-11-8-12-14(19)9-17(2,3)10-16(12)20(11)15-7-5-4-6-13(15)18/h4-8,14H,9-10,19H2,1-3H3. The molecule has 0 radical (unpaired) electrons. The SMILES string of the molecule is Cc1cc2c(n1-c1ccccc1I)CC(C)(C)CC2N. The molecule has 2 nitrogen and oxygen atoms in total. The molecule has 106 valence electrons. The first-order chi connectivity index (χ1) is 9.39. The van der Waals surface area contributed by atoms with Crippen molar-refractivity contribution in [2.24, 2.45) is 11.1 Å². The number of fused-ring (bicyclic) bond motifs is 1. The molecule has 2 N–H and O–H groups in total. The fourth-order valence-corrected chi connectivity index (χ4v) is 4.04. The summed E-state index contributed by atoms with van der Waals surface area (Å²) in [5, 5.41) is 0. The number of nitrogens with two attached hydrogens (primary N) is 1. The summed E-state index contributed by atoms with van der Waals surface area (Å²) >= 11 is 2.41. The Labute approximate surface area is 134 Å². The van der Waals surface area contributed by atoms with Crippen molar-refractivity contribution in [3.05, 3.63) is 50.9 Å². The second-order valence-electron chi connectivity index (χ2n) is 6.63. The lowest BCUT2D eigenvalue weighted by Gasteiger charge is -2.34. The molecular weight excluding hydrogens is 359 g/mol. The summed E-state index contributed by atoms with van der Waals surface area (Å²) in [7, 11) is 0. The number of nitrogens with zero attached hydrogens (tertiary/aromatic N) is 1. The monoisotopic (exact) mass is 380 g/mol. The van der Waals surface area contributed by atoms with Crippen LogP contribution in [0.25, 0.3) is 5.69 Å². The van der Waals surface area contributed by atoms with E-state index in [0.717, 1.165) is 12.8 Å². The number of para-hydroxylation sites is 1. The highest BCUT2D eigenvalue weighted by molar-refractivity contribution is 14.1. The van der Waals surface area contributed by atoms with Crippen LogP contribution in [0.15, 0.2) is 30.3 Å². The summed E-state index contributed by atoms with van der Waals surface area (Å²) in [5.74, 6) is 0. The summed E-state index contributed by atoms with van der Waals surface area (Å²) in [6.45, 7) is 6.82. The number of hydrogen-bond acceptors (Lipinski definition) is 1. The van der Waals surface area contributed by atoms with Gasteiger partial charge >= 0.3 is 0 Å². The summed E-state index contributed by atoms with van der Waals surface area (Å²) in [5.41, 5.74) is 12.0. The zero-order chi connectivity index (χ0) is 14.5. The van der Waals surface area contributed by atoms with Crippen LogP contribution >= 0.6 is 22.6 Å². The molecule has 0 saturated heterocycles. The molecule has 0 spiro atoms. The number of benzene rings is 1. The van der Waals surface area contributed by atoms with Crippen LogP contribution in [0.3, 0.4) is 0 Å². The van der Waals surface area contributed by atoms with Crippen LogP contribution in [0.2, 0.25) is 0 Å². The second-order valence-corrected chi connectivity index (χ2v) is 7.79. The van der Waals surface area contributed by atoms with Crippen LogP contribution in [0.1, 0.15) is 43.3 Å². The Bertz CT molecular complexity index is 655. The summed E-state index contributed by atoms with van der Waals surface area (Å²) in [4.78, 5) is 0. The first-order valence-electron chi connectivity index (χ1n) is 7.11. The number of halogens is 1. The molecule has 3 heteroatoms. The van der Waals surface area contributed by atoms with Crippen LogP contribution in [0, 0.1) is 15.9 Å². The van der Waals surface area contributed by atoms with E-state index in [1.807, 2.05) is 0 Å². The van der Waals surface area contributed by atoms with E-state index in [1.165, 1.54) is 26.2 Å². The molecule has 1 atom stereocenters. The van der Waals surface area contributed by atoms with Gasteiger partial charge in [0.25, 0.3) is 0 Å². The number of rotatable bonds is 1. The van der Waals surface area contributed by atoms with E-state index < -0.39 is 0 Å². The minimum Gasteiger partial charge on any atom is -0.324 e. The minimum absolute atomic E-state index is 0.162. The van der Waals surface area contributed by atoms with Crippen molar-refractivity contribution in [3.63, 3.8) is 0 Å². The molecular formula is C17H21IN2. The fraction of sp³-hybridized carbons (Fsp3) is 0.412. The van der Waals surface area contributed by atoms with Crippen molar-refractivity contribution < 1.29 is 0 Å². The second kappa shape index (κ2) is 4.88. The van der Waals surface area contributed by atoms with Gasteiger partial charge in [-0.1, -0.05) is 26.0 Å². The Morgan fingerprint density at radius 1 is 1.30 bits per heavy atom. The van der Waals surface area contributed by atoms with E-state index in [1.54, 1.807) is 0 Å². The maximum absolute atomic E-state index is 6.41. The summed E-state index contributed by atoms with van der Waals surface area (Å²) in [6, 6.07) is 11.0. The first-order valence-corrected chi connectivity index (χ1v) is 8.18. The Hall–Kier alpha value is -0.810. The van der Waals surface area contributed by atoms with Crippen molar-refractivity contribution in [2.45, 2.75) is 39.7 Å². The van der Waals surface area contributed by atoms with Gasteiger partial charge in [-0.2, -0.15) is 0 Å². The average molecular weight is 380 g/mol. The molecule has 0 fully saturated rings. The highest BCUT2D eigenvalue weighted by Gasteiger charge is 2.33. The van der Waals surface area contributed by atoms with Crippen molar-refractivity contribution in [1.82, 2.24) is 4.57 Å². The molecule has 0 amide bonds. The van der Waals surface area contributed by atoms with Gasteiger partial charge in [0.05, 0.1) is 5.69 Å². The minimum atomic E-state index is 0.162. The molecule has 3 rings (SSSR count). The van der Waals surface area contributed by atoms with Gasteiger partial charge in [0.1, 0.15) is 0 Å². The highest BCUT2D eigenvalue weighted by Crippen LogP contribution is 2.42. The number of hydrogen-bond donors (Lipinski definition) is 1. The molecule has 1 aliphatic carbocycles. The number of aromatic nitrogens is 1. The maximum Gasteiger partial charge on any atom is 0.0588 e. The fourth-order valence-electron chi connectivity index (χ4n) is 3.42. The van der Waals surface area contributed by atoms with Gasteiger partial charge in [-0.05, 0) is 71.5 Å². The summed E-state index contributed by atoms with van der Waals surface area (Å²) < 4.78 is 3.68. The van der Waals surface area contributed by atoms with E-state index in [4.69, 9.17) is 5.73 Å². The van der Waals surface area contributed by atoms with Gasteiger partial charge in [-0.25, -0.2) is 0 Å². The van der Waals surface area contributed by atoms with E-state index in [2.05, 4.69) is 78.3 Å². The number of aryl methyl sites for hydroxylation is 1. The first kappa shape index (κ1) is 14.1. The molecule has 1 aliphatic rings. The lowest BCUT2D eigenvalue weighted by atomic mass is 9.74. The van der Waals surface area contributed by atoms with Crippen LogP contribution in [-0.2, 0) is 6.42 Å². The van der Waals surface area contributed by atoms with Gasteiger partial charge in [0, 0.05) is 21.0 Å². The van der Waals surface area contributed by atoms with E-state index in [0.29, 0.717) is 0 Å². The van der Waals surface area contributed by atoms with Crippen molar-refractivity contribution in [1.29, 1.82) is 0 Å². The topological polar surface area (TPSA) is 30.9 Å². The smallest absolute Gasteiger partial charge is 0.0588 e. The molecule has 1 aromatic heterocycles. The molecule has 20 heavy (non-hydrogen) atoms. The van der Waals surface area contributed by atoms with Crippen molar-refractivity contribution in [2.75, 3.05) is 0 Å². The largest absolute Gasteiger partial charge is 0.324 e. The third-order valence-corrected chi connectivity index (χ3v) is 5.14. The van der Waals surface area contributed by atoms with Crippen LogP contribution in [0.5, 0.6) is 0 Å². The van der Waals surface area contributed by atoms with Gasteiger partial charge in [-0.15, -0.1) is 0 Å². The third-order valence-electron chi connectivity index (χ3n) is 4.23. The van der Waals surface area contributed by atoms with Gasteiger partial charge in [0.2, 0.25) is 0 Å². The van der Waals surface area contributed by atoms with Gasteiger partial charge < -0.3 is 10.3 Å². The molecule has 0 aliphatic heterocycles. The Morgan fingerprint density at radius 2 is 2.00 bits per heavy atom. The van der Waals surface area contributed by atoms with E-state index in [-0.39, 0.29) is 11.5 Å². The highest BCUT2D eigenvalue weighted by atomic mass is 127.